The van der Waals surface area contributed by atoms with Crippen molar-refractivity contribution in [2.45, 2.75) is 25.4 Å². The summed E-state index contributed by atoms with van der Waals surface area (Å²) in [5, 5.41) is 18.0. The predicted molar refractivity (Wildman–Crippen MR) is 33.4 cm³/mol. The second kappa shape index (κ2) is 1.53. The van der Waals surface area contributed by atoms with Crippen LogP contribution in [0.2, 0.25) is 0 Å². The molecule has 3 aliphatic carbocycles. The van der Waals surface area contributed by atoms with Crippen molar-refractivity contribution in [1.29, 1.82) is 0 Å². The van der Waals surface area contributed by atoms with Crippen LogP contribution >= 0.6 is 0 Å². The van der Waals surface area contributed by atoms with Gasteiger partial charge in [0.25, 0.3) is 0 Å². The lowest BCUT2D eigenvalue weighted by molar-refractivity contribution is -0.159. The first-order chi connectivity index (χ1) is 4.65. The van der Waals surface area contributed by atoms with E-state index in [-0.39, 0.29) is 0 Å². The van der Waals surface area contributed by atoms with E-state index in [0.717, 1.165) is 0 Å². The maximum absolute atomic E-state index is 10.6. The summed E-state index contributed by atoms with van der Waals surface area (Å²) in [7, 11) is 0. The molecule has 1 atom stereocenters. The average Bonchev–Trinajstić information content (AvgIpc) is 2.15. The zero-order valence-corrected chi connectivity index (χ0v) is 5.58. The van der Waals surface area contributed by atoms with E-state index in [1.165, 1.54) is 0 Å². The number of carbonyl (C=O) groups is 1. The molecule has 0 spiro atoms. The molecule has 0 heterocycles. The number of carboxylic acids is 1. The monoisotopic (exact) mass is 142 g/mol. The molecule has 0 aliphatic heterocycles. The van der Waals surface area contributed by atoms with E-state index in [1.54, 1.807) is 0 Å². The number of rotatable bonds is 1. The highest BCUT2D eigenvalue weighted by Gasteiger charge is 2.61. The van der Waals surface area contributed by atoms with Crippen LogP contribution in [0.4, 0.5) is 0 Å². The summed E-state index contributed by atoms with van der Waals surface area (Å²) in [4.78, 5) is 10.6. The van der Waals surface area contributed by atoms with E-state index in [2.05, 4.69) is 0 Å². The summed E-state index contributed by atoms with van der Waals surface area (Å²) >= 11 is 0. The lowest BCUT2D eigenvalue weighted by Crippen LogP contribution is -2.42. The third kappa shape index (κ3) is 0.475. The van der Waals surface area contributed by atoms with Crippen LogP contribution in [0, 0.1) is 11.3 Å². The Labute approximate surface area is 58.7 Å². The van der Waals surface area contributed by atoms with Crippen LogP contribution in [0.25, 0.3) is 0 Å². The van der Waals surface area contributed by atoms with Gasteiger partial charge in [-0.1, -0.05) is 0 Å². The summed E-state index contributed by atoms with van der Waals surface area (Å²) in [6, 6.07) is 0. The van der Waals surface area contributed by atoms with Crippen LogP contribution in [-0.4, -0.2) is 22.3 Å². The quantitative estimate of drug-likeness (QED) is 0.551. The smallest absolute Gasteiger partial charge is 0.312 e. The van der Waals surface area contributed by atoms with Gasteiger partial charge < -0.3 is 10.2 Å². The van der Waals surface area contributed by atoms with Gasteiger partial charge in [0.15, 0.2) is 0 Å². The lowest BCUT2D eigenvalue weighted by Gasteiger charge is -2.35. The first kappa shape index (κ1) is 6.16. The van der Waals surface area contributed by atoms with Gasteiger partial charge in [0.1, 0.15) is 0 Å². The van der Waals surface area contributed by atoms with E-state index >= 15 is 0 Å². The highest BCUT2D eigenvalue weighted by atomic mass is 16.4. The topological polar surface area (TPSA) is 57.5 Å². The molecule has 0 saturated heterocycles. The number of hydrogen-bond donors (Lipinski definition) is 2. The Morgan fingerprint density at radius 3 is 2.30 bits per heavy atom. The van der Waals surface area contributed by atoms with Crippen molar-refractivity contribution in [3.8, 4) is 0 Å². The second-order valence-electron chi connectivity index (χ2n) is 3.49. The number of aliphatic hydroxyl groups is 1. The number of fused-ring (bicyclic) bond motifs is 1. The van der Waals surface area contributed by atoms with Crippen LogP contribution in [0.1, 0.15) is 19.3 Å². The fraction of sp³-hybridized carbons (Fsp3) is 0.857. The Balaban J connectivity index is 2.25. The molecule has 0 unspecified atom stereocenters. The molecule has 2 N–H and O–H groups in total. The SMILES string of the molecule is O=C(O)C12CC(C[C@@H]1O)C2. The molecule has 0 amide bonds. The minimum Gasteiger partial charge on any atom is -0.481 e. The van der Waals surface area contributed by atoms with Gasteiger partial charge in [-0.15, -0.1) is 0 Å². The van der Waals surface area contributed by atoms with Crippen molar-refractivity contribution in [3.05, 3.63) is 0 Å². The van der Waals surface area contributed by atoms with Gasteiger partial charge in [-0.05, 0) is 25.2 Å². The summed E-state index contributed by atoms with van der Waals surface area (Å²) in [5.41, 5.74) is -0.731. The first-order valence-electron chi connectivity index (χ1n) is 3.56. The van der Waals surface area contributed by atoms with Crippen LogP contribution in [-0.2, 0) is 4.79 Å². The lowest BCUT2D eigenvalue weighted by atomic mass is 9.69. The van der Waals surface area contributed by atoms with E-state index in [4.69, 9.17) is 5.11 Å². The summed E-state index contributed by atoms with van der Waals surface area (Å²) in [5.74, 6) is -0.320. The molecule has 3 saturated carbocycles. The van der Waals surface area contributed by atoms with E-state index in [0.29, 0.717) is 25.2 Å². The summed E-state index contributed by atoms with van der Waals surface area (Å²) < 4.78 is 0. The molecule has 3 rings (SSSR count). The summed E-state index contributed by atoms with van der Waals surface area (Å²) in [6.07, 6.45) is 1.52. The Morgan fingerprint density at radius 1 is 1.50 bits per heavy atom. The molecule has 3 fully saturated rings. The van der Waals surface area contributed by atoms with Crippen LogP contribution in [0.3, 0.4) is 0 Å². The summed E-state index contributed by atoms with van der Waals surface area (Å²) in [6.45, 7) is 0. The Hall–Kier alpha value is -0.570. The highest BCUT2D eigenvalue weighted by molar-refractivity contribution is 5.77. The van der Waals surface area contributed by atoms with Crippen LogP contribution < -0.4 is 0 Å². The van der Waals surface area contributed by atoms with Gasteiger partial charge >= 0.3 is 5.97 Å². The molecule has 0 aromatic carbocycles. The van der Waals surface area contributed by atoms with Crippen molar-refractivity contribution in [2.24, 2.45) is 11.3 Å². The predicted octanol–water partition coefficient (Wildman–Crippen LogP) is 0.232. The van der Waals surface area contributed by atoms with E-state index in [1.807, 2.05) is 0 Å². The Bertz CT molecular complexity index is 181. The van der Waals surface area contributed by atoms with Crippen molar-refractivity contribution < 1.29 is 15.0 Å². The first-order valence-corrected chi connectivity index (χ1v) is 3.56. The molecule has 0 radical (unpaired) electrons. The standard InChI is InChI=1S/C7H10O3/c8-5-1-4-2-7(5,3-4)6(9)10/h4-5,8H,1-3H2,(H,9,10)/t4?,5-,7?/m0/s1. The molecule has 0 aromatic rings. The maximum Gasteiger partial charge on any atom is 0.312 e. The average molecular weight is 142 g/mol. The number of aliphatic carboxylic acids is 1. The zero-order valence-electron chi connectivity index (χ0n) is 5.58. The van der Waals surface area contributed by atoms with Crippen molar-refractivity contribution in [2.75, 3.05) is 0 Å². The third-order valence-corrected chi connectivity index (χ3v) is 2.93. The van der Waals surface area contributed by atoms with Gasteiger partial charge in [-0.25, -0.2) is 0 Å². The van der Waals surface area contributed by atoms with Crippen molar-refractivity contribution in [3.63, 3.8) is 0 Å². The van der Waals surface area contributed by atoms with Crippen LogP contribution in [0.5, 0.6) is 0 Å². The second-order valence-corrected chi connectivity index (χ2v) is 3.49. The molecular weight excluding hydrogens is 132 g/mol. The third-order valence-electron chi connectivity index (χ3n) is 2.93. The molecule has 3 heteroatoms. The number of aliphatic hydroxyl groups excluding tert-OH is 1. The fourth-order valence-corrected chi connectivity index (χ4v) is 2.27. The Morgan fingerprint density at radius 2 is 2.10 bits per heavy atom. The van der Waals surface area contributed by atoms with Gasteiger partial charge in [-0.2, -0.15) is 0 Å². The highest BCUT2D eigenvalue weighted by Crippen LogP contribution is 2.58. The number of hydrogen-bond acceptors (Lipinski definition) is 2. The van der Waals surface area contributed by atoms with Crippen molar-refractivity contribution in [1.82, 2.24) is 0 Å². The van der Waals surface area contributed by atoms with Crippen molar-refractivity contribution >= 4 is 5.97 Å². The molecule has 3 nitrogen and oxygen atoms in total. The van der Waals surface area contributed by atoms with E-state index in [9.17, 15) is 9.90 Å². The van der Waals surface area contributed by atoms with Gasteiger partial charge in [-0.3, -0.25) is 4.79 Å². The molecule has 10 heavy (non-hydrogen) atoms. The molecule has 3 aliphatic rings. The molecule has 56 valence electrons. The van der Waals surface area contributed by atoms with Crippen LogP contribution in [0.15, 0.2) is 0 Å². The molecule has 0 aromatic heterocycles. The Kier molecular flexibility index (Phi) is 0.944. The molecule has 2 bridgehead atoms. The minimum absolute atomic E-state index is 0.492. The van der Waals surface area contributed by atoms with Gasteiger partial charge in [0, 0.05) is 0 Å². The maximum atomic E-state index is 10.6. The van der Waals surface area contributed by atoms with Gasteiger partial charge in [0.2, 0.25) is 0 Å². The fourth-order valence-electron chi connectivity index (χ4n) is 2.27. The van der Waals surface area contributed by atoms with Gasteiger partial charge in [0.05, 0.1) is 11.5 Å². The minimum atomic E-state index is -0.811. The molecular formula is C7H10O3. The number of carboxylic acid groups (broad SMARTS) is 1. The van der Waals surface area contributed by atoms with E-state index < -0.39 is 17.5 Å². The largest absolute Gasteiger partial charge is 0.481 e. The normalized spacial score (nSPS) is 50.5. The zero-order chi connectivity index (χ0) is 7.35.